The number of hydrogen-bond donors (Lipinski definition) is 1. The van der Waals surface area contributed by atoms with Gasteiger partial charge in [-0.15, -0.1) is 0 Å². The zero-order chi connectivity index (χ0) is 13.4. The van der Waals surface area contributed by atoms with Crippen LogP contribution < -0.4 is 4.72 Å². The second-order valence-electron chi connectivity index (χ2n) is 4.15. The van der Waals surface area contributed by atoms with Gasteiger partial charge in [0.25, 0.3) is 0 Å². The van der Waals surface area contributed by atoms with Gasteiger partial charge >= 0.3 is 0 Å². The summed E-state index contributed by atoms with van der Waals surface area (Å²) in [5.74, 6) is -0.139. The maximum absolute atomic E-state index is 12.0. The Morgan fingerprint density at radius 1 is 1.28 bits per heavy atom. The molecule has 1 atom stereocenters. The van der Waals surface area contributed by atoms with Crippen LogP contribution in [-0.2, 0) is 19.9 Å². The number of benzene rings is 1. The first-order valence-electron chi connectivity index (χ1n) is 5.27. The van der Waals surface area contributed by atoms with Crippen LogP contribution in [0.4, 0.5) is 0 Å². The first-order valence-corrected chi connectivity index (χ1v) is 8.96. The third kappa shape index (κ3) is 3.03. The molecule has 1 N–H and O–H groups in total. The van der Waals surface area contributed by atoms with E-state index in [4.69, 9.17) is 11.6 Å². The highest BCUT2D eigenvalue weighted by atomic mass is 35.5. The molecule has 0 radical (unpaired) electrons. The predicted octanol–water partition coefficient (Wildman–Crippen LogP) is 0.805. The maximum atomic E-state index is 12.0. The summed E-state index contributed by atoms with van der Waals surface area (Å²) in [5, 5.41) is 0.117. The Balaban J connectivity index is 2.22. The minimum Gasteiger partial charge on any atom is -0.229 e. The molecule has 0 saturated carbocycles. The van der Waals surface area contributed by atoms with E-state index < -0.39 is 25.9 Å². The number of nitrogens with one attached hydrogen (secondary N) is 1. The van der Waals surface area contributed by atoms with Crippen LogP contribution in [0.1, 0.15) is 6.42 Å². The summed E-state index contributed by atoms with van der Waals surface area (Å²) in [6.07, 6.45) is 0.298. The third-order valence-electron chi connectivity index (χ3n) is 2.68. The minimum atomic E-state index is -3.77. The second-order valence-corrected chi connectivity index (χ2v) is 8.47. The predicted molar refractivity (Wildman–Crippen MR) is 68.8 cm³/mol. The van der Waals surface area contributed by atoms with E-state index in [0.717, 1.165) is 0 Å². The van der Waals surface area contributed by atoms with Crippen molar-refractivity contribution < 1.29 is 16.8 Å². The standard InChI is InChI=1S/C10H12ClNO4S2/c11-9-3-1-2-4-10(9)18(15,16)12-8-5-6-17(13,14)7-8/h1-4,8,12H,5-7H2/t8-/m1/s1. The summed E-state index contributed by atoms with van der Waals surface area (Å²) in [5.41, 5.74) is 0. The smallest absolute Gasteiger partial charge is 0.229 e. The minimum absolute atomic E-state index is 0.0166. The van der Waals surface area contributed by atoms with Crippen LogP contribution in [0.5, 0.6) is 0 Å². The van der Waals surface area contributed by atoms with Crippen LogP contribution in [-0.4, -0.2) is 34.4 Å². The molecule has 0 unspecified atom stereocenters. The molecule has 8 heteroatoms. The largest absolute Gasteiger partial charge is 0.242 e. The van der Waals surface area contributed by atoms with Gasteiger partial charge < -0.3 is 0 Å². The Morgan fingerprint density at radius 3 is 2.50 bits per heavy atom. The lowest BCUT2D eigenvalue weighted by Gasteiger charge is -2.12. The Morgan fingerprint density at radius 2 is 1.94 bits per heavy atom. The van der Waals surface area contributed by atoms with E-state index in [2.05, 4.69) is 4.72 Å². The summed E-state index contributed by atoms with van der Waals surface area (Å²) >= 11 is 5.81. The van der Waals surface area contributed by atoms with Crippen molar-refractivity contribution in [3.63, 3.8) is 0 Å². The van der Waals surface area contributed by atoms with Gasteiger partial charge in [-0.3, -0.25) is 0 Å². The van der Waals surface area contributed by atoms with Crippen molar-refractivity contribution in [1.29, 1.82) is 0 Å². The van der Waals surface area contributed by atoms with E-state index in [1.54, 1.807) is 12.1 Å². The summed E-state index contributed by atoms with van der Waals surface area (Å²) in [6, 6.07) is 5.47. The molecule has 0 aromatic heterocycles. The summed E-state index contributed by atoms with van der Waals surface area (Å²) < 4.78 is 49.0. The first kappa shape index (κ1) is 13.8. The summed E-state index contributed by atoms with van der Waals surface area (Å²) in [6.45, 7) is 0. The summed E-state index contributed by atoms with van der Waals surface area (Å²) in [7, 11) is -6.89. The van der Waals surface area contributed by atoms with Crippen LogP contribution in [0.3, 0.4) is 0 Å². The molecule has 0 spiro atoms. The van der Waals surface area contributed by atoms with E-state index in [9.17, 15) is 16.8 Å². The quantitative estimate of drug-likeness (QED) is 0.896. The molecule has 1 aliphatic heterocycles. The lowest BCUT2D eigenvalue weighted by Crippen LogP contribution is -2.35. The molecule has 1 aromatic rings. The highest BCUT2D eigenvalue weighted by Gasteiger charge is 2.31. The van der Waals surface area contributed by atoms with Gasteiger partial charge in [0.15, 0.2) is 9.84 Å². The van der Waals surface area contributed by atoms with E-state index in [1.165, 1.54) is 12.1 Å². The molecule has 0 amide bonds. The van der Waals surface area contributed by atoms with Crippen molar-refractivity contribution in [2.45, 2.75) is 17.4 Å². The highest BCUT2D eigenvalue weighted by molar-refractivity contribution is 7.92. The fourth-order valence-corrected chi connectivity index (χ4v) is 5.40. The van der Waals surface area contributed by atoms with Gasteiger partial charge in [0.2, 0.25) is 10.0 Å². The van der Waals surface area contributed by atoms with Gasteiger partial charge in [0, 0.05) is 6.04 Å². The molecule has 1 aromatic carbocycles. The number of sulfone groups is 1. The Labute approximate surface area is 111 Å². The molecular formula is C10H12ClNO4S2. The van der Waals surface area contributed by atoms with E-state index in [-0.39, 0.29) is 21.4 Å². The van der Waals surface area contributed by atoms with Crippen LogP contribution >= 0.6 is 11.6 Å². The Hall–Kier alpha value is -0.630. The number of rotatable bonds is 3. The monoisotopic (exact) mass is 309 g/mol. The first-order chi connectivity index (χ1) is 8.30. The molecule has 1 saturated heterocycles. The average molecular weight is 310 g/mol. The molecule has 1 fully saturated rings. The molecule has 1 aliphatic rings. The van der Waals surface area contributed by atoms with Gasteiger partial charge in [-0.25, -0.2) is 21.6 Å². The van der Waals surface area contributed by atoms with Gasteiger partial charge in [-0.05, 0) is 18.6 Å². The van der Waals surface area contributed by atoms with E-state index in [1.807, 2.05) is 0 Å². The van der Waals surface area contributed by atoms with Gasteiger partial charge in [-0.1, -0.05) is 23.7 Å². The van der Waals surface area contributed by atoms with Crippen molar-refractivity contribution in [3.05, 3.63) is 29.3 Å². The number of hydrogen-bond acceptors (Lipinski definition) is 4. The SMILES string of the molecule is O=S1(=O)CC[C@@H](NS(=O)(=O)c2ccccc2Cl)C1. The Kier molecular flexibility index (Phi) is 3.68. The van der Waals surface area contributed by atoms with E-state index >= 15 is 0 Å². The van der Waals surface area contributed by atoms with Gasteiger partial charge in [-0.2, -0.15) is 0 Å². The topological polar surface area (TPSA) is 80.3 Å². The Bertz CT molecular complexity index is 654. The van der Waals surface area contributed by atoms with Gasteiger partial charge in [0.05, 0.1) is 16.5 Å². The van der Waals surface area contributed by atoms with Crippen molar-refractivity contribution in [3.8, 4) is 0 Å². The fourth-order valence-electron chi connectivity index (χ4n) is 1.83. The zero-order valence-corrected chi connectivity index (χ0v) is 11.7. The van der Waals surface area contributed by atoms with Crippen molar-refractivity contribution in [2.24, 2.45) is 0 Å². The zero-order valence-electron chi connectivity index (χ0n) is 9.34. The molecule has 100 valence electrons. The number of halogens is 1. The van der Waals surface area contributed by atoms with Crippen LogP contribution in [0.15, 0.2) is 29.2 Å². The van der Waals surface area contributed by atoms with Crippen molar-refractivity contribution in [1.82, 2.24) is 4.72 Å². The lowest BCUT2D eigenvalue weighted by atomic mass is 10.3. The van der Waals surface area contributed by atoms with Crippen LogP contribution in [0, 0.1) is 0 Å². The molecule has 1 heterocycles. The van der Waals surface area contributed by atoms with E-state index in [0.29, 0.717) is 6.42 Å². The van der Waals surface area contributed by atoms with Crippen LogP contribution in [0.2, 0.25) is 5.02 Å². The summed E-state index contributed by atoms with van der Waals surface area (Å²) in [4.78, 5) is -0.0315. The second kappa shape index (κ2) is 4.80. The average Bonchev–Trinajstić information content (AvgIpc) is 2.57. The maximum Gasteiger partial charge on any atom is 0.242 e. The number of sulfonamides is 1. The molecule has 0 aliphatic carbocycles. The lowest BCUT2D eigenvalue weighted by molar-refractivity contribution is 0.562. The normalized spacial score (nSPS) is 23.1. The van der Waals surface area contributed by atoms with Crippen LogP contribution in [0.25, 0.3) is 0 Å². The third-order valence-corrected chi connectivity index (χ3v) is 6.47. The highest BCUT2D eigenvalue weighted by Crippen LogP contribution is 2.22. The molecule has 5 nitrogen and oxygen atoms in total. The molecular weight excluding hydrogens is 298 g/mol. The fraction of sp³-hybridized carbons (Fsp3) is 0.400. The molecule has 0 bridgehead atoms. The van der Waals surface area contributed by atoms with Crippen molar-refractivity contribution in [2.75, 3.05) is 11.5 Å². The molecule has 2 rings (SSSR count). The molecule has 18 heavy (non-hydrogen) atoms. The van der Waals surface area contributed by atoms with Gasteiger partial charge in [0.1, 0.15) is 4.90 Å². The van der Waals surface area contributed by atoms with Crippen molar-refractivity contribution >= 4 is 31.5 Å².